The lowest BCUT2D eigenvalue weighted by molar-refractivity contribution is 0.0145. The molecule has 0 aliphatic carbocycles. The largest absolute Gasteiger partial charge is 0.462 e. The number of aromatic nitrogens is 3. The molecule has 0 spiro atoms. The number of halogens is 2. The van der Waals surface area contributed by atoms with E-state index in [1.165, 1.54) is 0 Å². The fraction of sp³-hybridized carbons (Fsp3) is 0.406. The minimum absolute atomic E-state index is 0.0211. The first-order chi connectivity index (χ1) is 21.0. The van der Waals surface area contributed by atoms with Crippen molar-refractivity contribution in [2.45, 2.75) is 38.8 Å². The first kappa shape index (κ1) is 31.2. The van der Waals surface area contributed by atoms with Crippen LogP contribution >= 0.6 is 11.6 Å². The molecule has 1 fully saturated rings. The van der Waals surface area contributed by atoms with E-state index in [4.69, 9.17) is 21.1 Å². The first-order valence-electron chi connectivity index (χ1n) is 14.4. The van der Waals surface area contributed by atoms with Crippen LogP contribution in [0.2, 0.25) is 5.02 Å². The fourth-order valence-electron chi connectivity index (χ4n) is 5.22. The number of nitriles is 1. The topological polar surface area (TPSA) is 108 Å². The van der Waals surface area contributed by atoms with Crippen molar-refractivity contribution in [3.05, 3.63) is 53.4 Å². The lowest BCUT2D eigenvalue weighted by Gasteiger charge is -2.41. The van der Waals surface area contributed by atoms with Crippen molar-refractivity contribution in [1.29, 1.82) is 5.26 Å². The van der Waals surface area contributed by atoms with Gasteiger partial charge >= 0.3 is 12.1 Å². The van der Waals surface area contributed by atoms with Gasteiger partial charge in [-0.05, 0) is 46.3 Å². The standard InChI is InChI=1S/C32H35ClFN7O3/c1-32(2,3)44-31(42)41-15-14-40(19-21(41)12-13-35)29-23-18-36-27(22-10-6-8-20-9-7-11-24(33)25(20)22)26(34)28(23)37-30(38-29)43-17-16-39(4)5/h6-11,18,21H,12,14-17,19H2,1-5H3/t21-/m0/s1. The van der Waals surface area contributed by atoms with Crippen LogP contribution in [0.5, 0.6) is 6.01 Å². The van der Waals surface area contributed by atoms with Gasteiger partial charge in [-0.25, -0.2) is 9.18 Å². The fourth-order valence-corrected chi connectivity index (χ4v) is 5.50. The zero-order valence-electron chi connectivity index (χ0n) is 25.5. The third-order valence-electron chi connectivity index (χ3n) is 7.26. The monoisotopic (exact) mass is 619 g/mol. The summed E-state index contributed by atoms with van der Waals surface area (Å²) in [6, 6.07) is 12.8. The SMILES string of the molecule is CN(C)CCOc1nc(N2CCN(C(=O)OC(C)(C)C)[C@@H](CC#N)C2)c2cnc(-c3cccc4cccc(Cl)c34)c(F)c2n1. The summed E-state index contributed by atoms with van der Waals surface area (Å²) in [6.07, 6.45) is 1.16. The van der Waals surface area contributed by atoms with Gasteiger partial charge in [-0.3, -0.25) is 4.98 Å². The molecule has 2 aromatic carbocycles. The highest BCUT2D eigenvalue weighted by molar-refractivity contribution is 6.36. The smallest absolute Gasteiger partial charge is 0.410 e. The molecular weight excluding hydrogens is 585 g/mol. The highest BCUT2D eigenvalue weighted by Crippen LogP contribution is 2.37. The number of fused-ring (bicyclic) bond motifs is 2. The van der Waals surface area contributed by atoms with Crippen LogP contribution in [0, 0.1) is 17.1 Å². The summed E-state index contributed by atoms with van der Waals surface area (Å²) < 4.78 is 28.0. The van der Waals surface area contributed by atoms with Crippen molar-refractivity contribution in [2.75, 3.05) is 51.8 Å². The quantitative estimate of drug-likeness (QED) is 0.249. The second-order valence-corrected chi connectivity index (χ2v) is 12.4. The molecule has 2 aromatic heterocycles. The van der Waals surface area contributed by atoms with Gasteiger partial charge in [-0.1, -0.05) is 41.9 Å². The van der Waals surface area contributed by atoms with Gasteiger partial charge in [0.1, 0.15) is 29.2 Å². The van der Waals surface area contributed by atoms with Crippen molar-refractivity contribution in [1.82, 2.24) is 24.8 Å². The normalized spacial score (nSPS) is 15.6. The van der Waals surface area contributed by atoms with Gasteiger partial charge in [0.05, 0.1) is 23.9 Å². The van der Waals surface area contributed by atoms with Gasteiger partial charge in [0.15, 0.2) is 5.82 Å². The third-order valence-corrected chi connectivity index (χ3v) is 7.57. The van der Waals surface area contributed by atoms with Crippen LogP contribution in [0.25, 0.3) is 32.9 Å². The molecule has 1 aliphatic heterocycles. The highest BCUT2D eigenvalue weighted by Gasteiger charge is 2.35. The molecule has 1 aliphatic rings. The Labute approximate surface area is 261 Å². The van der Waals surface area contributed by atoms with Crippen LogP contribution < -0.4 is 9.64 Å². The number of hydrogen-bond donors (Lipinski definition) is 0. The van der Waals surface area contributed by atoms with Crippen molar-refractivity contribution in [3.63, 3.8) is 0 Å². The predicted molar refractivity (Wildman–Crippen MR) is 168 cm³/mol. The number of amides is 1. The van der Waals surface area contributed by atoms with Crippen molar-refractivity contribution in [2.24, 2.45) is 0 Å². The highest BCUT2D eigenvalue weighted by atomic mass is 35.5. The number of piperazine rings is 1. The van der Waals surface area contributed by atoms with Crippen molar-refractivity contribution in [3.8, 4) is 23.3 Å². The number of benzene rings is 2. The first-order valence-corrected chi connectivity index (χ1v) is 14.8. The summed E-state index contributed by atoms with van der Waals surface area (Å²) in [5.41, 5.74) is 0.0257. The molecule has 0 radical (unpaired) electrons. The maximum atomic E-state index is 16.5. The summed E-state index contributed by atoms with van der Waals surface area (Å²) in [7, 11) is 3.84. The number of ether oxygens (including phenoxy) is 2. The zero-order valence-corrected chi connectivity index (χ0v) is 26.2. The van der Waals surface area contributed by atoms with E-state index >= 15 is 4.39 Å². The summed E-state index contributed by atoms with van der Waals surface area (Å²) in [6.45, 7) is 7.22. The van der Waals surface area contributed by atoms with Gasteiger partial charge in [0.25, 0.3) is 0 Å². The Hall–Kier alpha value is -4.27. The molecule has 4 aromatic rings. The van der Waals surface area contributed by atoms with Crippen LogP contribution in [0.4, 0.5) is 15.0 Å². The summed E-state index contributed by atoms with van der Waals surface area (Å²) in [4.78, 5) is 32.1. The summed E-state index contributed by atoms with van der Waals surface area (Å²) >= 11 is 6.56. The van der Waals surface area contributed by atoms with E-state index in [0.29, 0.717) is 46.9 Å². The molecule has 0 saturated carbocycles. The molecule has 1 atom stereocenters. The Kier molecular flexibility index (Phi) is 9.04. The Balaban J connectivity index is 1.59. The number of pyridine rings is 1. The molecule has 10 nitrogen and oxygen atoms in total. The molecule has 0 unspecified atom stereocenters. The maximum absolute atomic E-state index is 16.5. The van der Waals surface area contributed by atoms with E-state index in [0.717, 1.165) is 5.39 Å². The molecule has 0 N–H and O–H groups in total. The van der Waals surface area contributed by atoms with E-state index in [1.54, 1.807) is 44.0 Å². The number of likely N-dealkylation sites (N-methyl/N-ethyl adjacent to an activating group) is 1. The Morgan fingerprint density at radius 1 is 1.18 bits per heavy atom. The van der Waals surface area contributed by atoms with E-state index in [1.807, 2.05) is 48.2 Å². The van der Waals surface area contributed by atoms with Crippen molar-refractivity contribution >= 4 is 45.2 Å². The average molecular weight is 620 g/mol. The van der Waals surface area contributed by atoms with E-state index in [-0.39, 0.29) is 36.7 Å². The molecule has 0 bridgehead atoms. The predicted octanol–water partition coefficient (Wildman–Crippen LogP) is 5.92. The Morgan fingerprint density at radius 2 is 1.93 bits per heavy atom. The lowest BCUT2D eigenvalue weighted by Crippen LogP contribution is -2.56. The number of carbonyl (C=O) groups excluding carboxylic acids is 1. The second kappa shape index (κ2) is 12.8. The molecular formula is C32H35ClFN7O3. The van der Waals surface area contributed by atoms with Gasteiger partial charge in [0, 0.05) is 48.3 Å². The van der Waals surface area contributed by atoms with E-state index < -0.39 is 23.6 Å². The lowest BCUT2D eigenvalue weighted by atomic mass is 10.0. The number of carbonyl (C=O) groups is 1. The molecule has 12 heteroatoms. The van der Waals surface area contributed by atoms with Gasteiger partial charge in [0.2, 0.25) is 0 Å². The zero-order chi connectivity index (χ0) is 31.6. The molecule has 1 amide bonds. The maximum Gasteiger partial charge on any atom is 0.410 e. The number of rotatable bonds is 7. The molecule has 5 rings (SSSR count). The molecule has 230 valence electrons. The van der Waals surface area contributed by atoms with Crippen molar-refractivity contribution < 1.29 is 18.7 Å². The Bertz CT molecular complexity index is 1730. The number of hydrogen-bond acceptors (Lipinski definition) is 9. The van der Waals surface area contributed by atoms with Crippen LogP contribution in [0.15, 0.2) is 42.6 Å². The summed E-state index contributed by atoms with van der Waals surface area (Å²) in [5, 5.41) is 12.0. The van der Waals surface area contributed by atoms with Gasteiger partial charge < -0.3 is 24.2 Å². The minimum Gasteiger partial charge on any atom is -0.462 e. The third kappa shape index (κ3) is 6.61. The minimum atomic E-state index is -0.678. The van der Waals surface area contributed by atoms with Crippen LogP contribution in [-0.4, -0.2) is 89.4 Å². The molecule has 44 heavy (non-hydrogen) atoms. The number of nitrogens with zero attached hydrogens (tertiary/aromatic N) is 7. The van der Waals surface area contributed by atoms with E-state index in [2.05, 4.69) is 21.0 Å². The molecule has 3 heterocycles. The van der Waals surface area contributed by atoms with Crippen LogP contribution in [-0.2, 0) is 4.74 Å². The Morgan fingerprint density at radius 3 is 2.64 bits per heavy atom. The van der Waals surface area contributed by atoms with Crippen LogP contribution in [0.3, 0.4) is 0 Å². The second-order valence-electron chi connectivity index (χ2n) is 11.9. The van der Waals surface area contributed by atoms with Gasteiger partial charge in [-0.15, -0.1) is 0 Å². The van der Waals surface area contributed by atoms with Gasteiger partial charge in [-0.2, -0.15) is 15.2 Å². The van der Waals surface area contributed by atoms with E-state index in [9.17, 15) is 10.1 Å². The number of anilines is 1. The molecule has 1 saturated heterocycles. The summed E-state index contributed by atoms with van der Waals surface area (Å²) in [5.74, 6) is -0.215. The average Bonchev–Trinajstić information content (AvgIpc) is 2.96. The van der Waals surface area contributed by atoms with Crippen LogP contribution in [0.1, 0.15) is 27.2 Å².